The van der Waals surface area contributed by atoms with Crippen LogP contribution in [-0.2, 0) is 10.0 Å². The van der Waals surface area contributed by atoms with E-state index in [9.17, 15) is 13.2 Å². The molecule has 2 fully saturated rings. The number of urea groups is 1. The number of carbonyl (C=O) groups is 1. The molecule has 0 atom stereocenters. The molecule has 0 bridgehead atoms. The van der Waals surface area contributed by atoms with Crippen LogP contribution in [0.3, 0.4) is 0 Å². The summed E-state index contributed by atoms with van der Waals surface area (Å²) in [6.07, 6.45) is 3.52. The van der Waals surface area contributed by atoms with Gasteiger partial charge in [-0.1, -0.05) is 11.6 Å². The number of carbonyl (C=O) groups excluding carboxylic acids is 1. The third-order valence-corrected chi connectivity index (χ3v) is 5.89. The Bertz CT molecular complexity index is 689. The molecule has 120 valence electrons. The lowest BCUT2D eigenvalue weighted by Crippen LogP contribution is -2.38. The fraction of sp³-hybridized carbons (Fsp3) is 0.500. The topological polar surface area (TPSA) is 78.5 Å². The standard InChI is InChI=1S/C14H18ClN3O3S/c15-12-9-11(17-14(19)16-10-3-4-10)5-6-13(12)18-7-1-2-8-22(18,20)21/h5-6,9-10H,1-4,7-8H2,(H2,16,17,19). The highest BCUT2D eigenvalue weighted by Crippen LogP contribution is 2.32. The Morgan fingerprint density at radius 3 is 2.68 bits per heavy atom. The predicted molar refractivity (Wildman–Crippen MR) is 87.0 cm³/mol. The minimum Gasteiger partial charge on any atom is -0.335 e. The van der Waals surface area contributed by atoms with E-state index in [1.54, 1.807) is 18.2 Å². The summed E-state index contributed by atoms with van der Waals surface area (Å²) in [5.41, 5.74) is 1.01. The van der Waals surface area contributed by atoms with Crippen LogP contribution in [0.1, 0.15) is 25.7 Å². The summed E-state index contributed by atoms with van der Waals surface area (Å²) in [6, 6.07) is 4.88. The molecule has 0 spiro atoms. The summed E-state index contributed by atoms with van der Waals surface area (Å²) in [5, 5.41) is 5.83. The maximum absolute atomic E-state index is 12.1. The smallest absolute Gasteiger partial charge is 0.319 e. The minimum atomic E-state index is -3.29. The number of amides is 2. The molecule has 0 radical (unpaired) electrons. The first-order valence-corrected chi connectivity index (χ1v) is 9.32. The van der Waals surface area contributed by atoms with Gasteiger partial charge >= 0.3 is 6.03 Å². The Kier molecular flexibility index (Phi) is 4.18. The van der Waals surface area contributed by atoms with Crippen LogP contribution < -0.4 is 14.9 Å². The first-order chi connectivity index (χ1) is 10.5. The van der Waals surface area contributed by atoms with E-state index in [0.717, 1.165) is 19.3 Å². The van der Waals surface area contributed by atoms with Gasteiger partial charge in [0.05, 0.1) is 16.5 Å². The van der Waals surface area contributed by atoms with Crippen molar-refractivity contribution in [3.63, 3.8) is 0 Å². The van der Waals surface area contributed by atoms with E-state index in [1.165, 1.54) is 4.31 Å². The van der Waals surface area contributed by atoms with E-state index >= 15 is 0 Å². The van der Waals surface area contributed by atoms with E-state index in [-0.39, 0.29) is 17.8 Å². The molecule has 1 aromatic rings. The average molecular weight is 344 g/mol. The highest BCUT2D eigenvalue weighted by Gasteiger charge is 2.28. The second-order valence-electron chi connectivity index (χ2n) is 5.63. The normalized spacial score (nSPS) is 20.5. The van der Waals surface area contributed by atoms with Gasteiger partial charge < -0.3 is 10.6 Å². The summed E-state index contributed by atoms with van der Waals surface area (Å²) in [6.45, 7) is 0.441. The number of nitrogens with zero attached hydrogens (tertiary/aromatic N) is 1. The molecule has 6 nitrogen and oxygen atoms in total. The second-order valence-corrected chi connectivity index (χ2v) is 8.05. The Morgan fingerprint density at radius 1 is 1.27 bits per heavy atom. The predicted octanol–water partition coefficient (Wildman–Crippen LogP) is 2.55. The molecule has 3 rings (SSSR count). The van der Waals surface area contributed by atoms with E-state index < -0.39 is 10.0 Å². The first-order valence-electron chi connectivity index (χ1n) is 7.33. The molecule has 22 heavy (non-hydrogen) atoms. The van der Waals surface area contributed by atoms with Crippen molar-refractivity contribution in [3.8, 4) is 0 Å². The minimum absolute atomic E-state index is 0.146. The van der Waals surface area contributed by atoms with Crippen molar-refractivity contribution >= 4 is 39.0 Å². The Morgan fingerprint density at radius 2 is 2.05 bits per heavy atom. The molecule has 2 aliphatic rings. The molecule has 1 saturated heterocycles. The van der Waals surface area contributed by atoms with Crippen LogP contribution >= 0.6 is 11.6 Å². The van der Waals surface area contributed by atoms with Gasteiger partial charge in [0.2, 0.25) is 10.0 Å². The lowest BCUT2D eigenvalue weighted by Gasteiger charge is -2.29. The average Bonchev–Trinajstić information content (AvgIpc) is 3.23. The highest BCUT2D eigenvalue weighted by molar-refractivity contribution is 7.92. The van der Waals surface area contributed by atoms with Crippen molar-refractivity contribution in [2.45, 2.75) is 31.7 Å². The molecule has 0 unspecified atom stereocenters. The van der Waals surface area contributed by atoms with Crippen LogP contribution in [0, 0.1) is 0 Å². The van der Waals surface area contributed by atoms with Gasteiger partial charge in [0.15, 0.2) is 0 Å². The van der Waals surface area contributed by atoms with Crippen molar-refractivity contribution in [2.75, 3.05) is 21.9 Å². The zero-order valence-corrected chi connectivity index (χ0v) is 13.6. The van der Waals surface area contributed by atoms with E-state index in [2.05, 4.69) is 10.6 Å². The van der Waals surface area contributed by atoms with Gasteiger partial charge in [-0.2, -0.15) is 0 Å². The number of rotatable bonds is 3. The molecule has 2 N–H and O–H groups in total. The molecule has 1 heterocycles. The van der Waals surface area contributed by atoms with Crippen LogP contribution in [0.4, 0.5) is 16.2 Å². The molecular formula is C14H18ClN3O3S. The summed E-state index contributed by atoms with van der Waals surface area (Å²) in [4.78, 5) is 11.7. The summed E-state index contributed by atoms with van der Waals surface area (Å²) < 4.78 is 25.6. The van der Waals surface area contributed by atoms with Gasteiger partial charge in [0, 0.05) is 18.3 Å². The number of hydrogen-bond acceptors (Lipinski definition) is 3. The van der Waals surface area contributed by atoms with Crippen molar-refractivity contribution in [1.29, 1.82) is 0 Å². The van der Waals surface area contributed by atoms with Crippen LogP contribution in [0.15, 0.2) is 18.2 Å². The van der Waals surface area contributed by atoms with E-state index in [0.29, 0.717) is 29.4 Å². The Hall–Kier alpha value is -1.47. The number of halogens is 1. The van der Waals surface area contributed by atoms with Crippen LogP contribution in [0.2, 0.25) is 5.02 Å². The number of hydrogen-bond donors (Lipinski definition) is 2. The third kappa shape index (κ3) is 3.47. The largest absolute Gasteiger partial charge is 0.335 e. The highest BCUT2D eigenvalue weighted by atomic mass is 35.5. The molecular weight excluding hydrogens is 326 g/mol. The molecule has 0 aromatic heterocycles. The van der Waals surface area contributed by atoms with Crippen molar-refractivity contribution < 1.29 is 13.2 Å². The molecule has 1 aliphatic heterocycles. The van der Waals surface area contributed by atoms with Crippen LogP contribution in [-0.4, -0.2) is 32.8 Å². The van der Waals surface area contributed by atoms with Gasteiger partial charge in [-0.15, -0.1) is 0 Å². The quantitative estimate of drug-likeness (QED) is 0.885. The van der Waals surface area contributed by atoms with Crippen LogP contribution in [0.5, 0.6) is 0 Å². The van der Waals surface area contributed by atoms with Gasteiger partial charge in [-0.25, -0.2) is 13.2 Å². The molecule has 1 saturated carbocycles. The van der Waals surface area contributed by atoms with Gasteiger partial charge in [0.25, 0.3) is 0 Å². The van der Waals surface area contributed by atoms with Gasteiger partial charge in [0.1, 0.15) is 0 Å². The zero-order chi connectivity index (χ0) is 15.7. The van der Waals surface area contributed by atoms with E-state index in [1.807, 2.05) is 0 Å². The molecule has 1 aliphatic carbocycles. The molecule has 1 aromatic carbocycles. The zero-order valence-electron chi connectivity index (χ0n) is 12.0. The van der Waals surface area contributed by atoms with Gasteiger partial charge in [-0.05, 0) is 43.9 Å². The fourth-order valence-corrected chi connectivity index (χ4v) is 4.41. The Labute approximate surface area is 134 Å². The maximum Gasteiger partial charge on any atom is 0.319 e. The van der Waals surface area contributed by atoms with Crippen molar-refractivity contribution in [3.05, 3.63) is 23.2 Å². The first kappa shape index (κ1) is 15.4. The lowest BCUT2D eigenvalue weighted by molar-refractivity contribution is 0.251. The summed E-state index contributed by atoms with van der Waals surface area (Å²) in [5.74, 6) is 0.146. The number of benzene rings is 1. The second kappa shape index (κ2) is 5.96. The van der Waals surface area contributed by atoms with Gasteiger partial charge in [-0.3, -0.25) is 4.31 Å². The summed E-state index contributed by atoms with van der Waals surface area (Å²) >= 11 is 6.21. The van der Waals surface area contributed by atoms with E-state index in [4.69, 9.17) is 11.6 Å². The lowest BCUT2D eigenvalue weighted by atomic mass is 10.2. The molecule has 2 amide bonds. The molecule has 8 heteroatoms. The summed E-state index contributed by atoms with van der Waals surface area (Å²) in [7, 11) is -3.29. The number of sulfonamides is 1. The van der Waals surface area contributed by atoms with Crippen molar-refractivity contribution in [2.24, 2.45) is 0 Å². The number of nitrogens with one attached hydrogen (secondary N) is 2. The SMILES string of the molecule is O=C(Nc1ccc(N2CCCCS2(=O)=O)c(Cl)c1)NC1CC1. The monoisotopic (exact) mass is 343 g/mol. The third-order valence-electron chi connectivity index (χ3n) is 3.74. The maximum atomic E-state index is 12.1. The fourth-order valence-electron chi connectivity index (χ4n) is 2.43. The Balaban J connectivity index is 1.75. The van der Waals surface area contributed by atoms with Crippen LogP contribution in [0.25, 0.3) is 0 Å². The van der Waals surface area contributed by atoms with Crippen molar-refractivity contribution in [1.82, 2.24) is 5.32 Å². The number of anilines is 2.